The summed E-state index contributed by atoms with van der Waals surface area (Å²) in [5.41, 5.74) is 1.56. The van der Waals surface area contributed by atoms with Crippen molar-refractivity contribution in [3.8, 4) is 17.2 Å². The molecular weight excluding hydrogens is 392 g/mol. The van der Waals surface area contributed by atoms with E-state index in [1.54, 1.807) is 19.9 Å². The fourth-order valence-corrected chi connectivity index (χ4v) is 3.38. The Balaban J connectivity index is 2.53. The molecule has 0 radical (unpaired) electrons. The maximum atomic E-state index is 12.7. The van der Waals surface area contributed by atoms with Crippen molar-refractivity contribution in [2.24, 2.45) is 0 Å². The predicted octanol–water partition coefficient (Wildman–Crippen LogP) is 5.91. The highest BCUT2D eigenvalue weighted by atomic mass is 35.5. The third kappa shape index (κ3) is 5.41. The number of benzene rings is 1. The molecule has 0 saturated heterocycles. The van der Waals surface area contributed by atoms with E-state index in [1.165, 1.54) is 0 Å². The van der Waals surface area contributed by atoms with Crippen molar-refractivity contribution in [1.82, 2.24) is 0 Å². The van der Waals surface area contributed by atoms with Gasteiger partial charge in [0.05, 0.1) is 0 Å². The van der Waals surface area contributed by atoms with Gasteiger partial charge in [0.1, 0.15) is 34.3 Å². The number of halogens is 1. The summed E-state index contributed by atoms with van der Waals surface area (Å²) < 4.78 is 17.5. The predicted molar refractivity (Wildman–Crippen MR) is 114 cm³/mol. The first-order chi connectivity index (χ1) is 13.7. The van der Waals surface area contributed by atoms with Crippen LogP contribution in [-0.4, -0.2) is 24.0 Å². The number of allylic oxidation sites excluding steroid dienone is 2. The molecule has 158 valence electrons. The molecule has 0 spiro atoms. The lowest BCUT2D eigenvalue weighted by Gasteiger charge is -2.26. The molecule has 1 aliphatic rings. The van der Waals surface area contributed by atoms with Crippen LogP contribution in [-0.2, 0) is 4.79 Å². The molecule has 2 unspecified atom stereocenters. The van der Waals surface area contributed by atoms with Gasteiger partial charge in [0, 0.05) is 18.1 Å². The molecule has 0 N–H and O–H groups in total. The van der Waals surface area contributed by atoms with Crippen LogP contribution in [0, 0.1) is 6.92 Å². The third-order valence-corrected chi connectivity index (χ3v) is 5.15. The van der Waals surface area contributed by atoms with E-state index in [2.05, 4.69) is 0 Å². The van der Waals surface area contributed by atoms with Gasteiger partial charge >= 0.3 is 5.97 Å². The molecule has 1 aromatic rings. The monoisotopic (exact) mass is 420 g/mol. The van der Waals surface area contributed by atoms with E-state index in [0.29, 0.717) is 23.5 Å². The van der Waals surface area contributed by atoms with Gasteiger partial charge in [-0.05, 0) is 52.7 Å². The highest BCUT2D eigenvalue weighted by Gasteiger charge is 2.32. The Labute approximate surface area is 177 Å². The zero-order chi connectivity index (χ0) is 21.7. The number of hydrogen-bond acceptors (Lipinski definition) is 5. The number of rotatable bonds is 7. The molecule has 29 heavy (non-hydrogen) atoms. The maximum absolute atomic E-state index is 12.7. The van der Waals surface area contributed by atoms with Gasteiger partial charge in [-0.1, -0.05) is 31.0 Å². The van der Waals surface area contributed by atoms with Crippen LogP contribution >= 0.6 is 11.6 Å². The second-order valence-electron chi connectivity index (χ2n) is 7.34. The van der Waals surface area contributed by atoms with E-state index in [0.717, 1.165) is 12.0 Å². The molecule has 1 heterocycles. The van der Waals surface area contributed by atoms with Crippen LogP contribution < -0.4 is 14.2 Å². The molecule has 6 heteroatoms. The van der Waals surface area contributed by atoms with Crippen molar-refractivity contribution < 1.29 is 23.8 Å². The second kappa shape index (κ2) is 9.97. The molecule has 5 nitrogen and oxygen atoms in total. The van der Waals surface area contributed by atoms with E-state index in [9.17, 15) is 9.59 Å². The van der Waals surface area contributed by atoms with Crippen molar-refractivity contribution in [2.75, 3.05) is 0 Å². The van der Waals surface area contributed by atoms with Crippen molar-refractivity contribution in [2.45, 2.75) is 73.0 Å². The van der Waals surface area contributed by atoms with Gasteiger partial charge in [-0.2, -0.15) is 0 Å². The first-order valence-corrected chi connectivity index (χ1v) is 10.3. The van der Waals surface area contributed by atoms with E-state index in [-0.39, 0.29) is 40.8 Å². The van der Waals surface area contributed by atoms with Gasteiger partial charge in [0.15, 0.2) is 11.5 Å². The molecule has 0 fully saturated rings. The van der Waals surface area contributed by atoms with Crippen molar-refractivity contribution in [1.29, 1.82) is 0 Å². The van der Waals surface area contributed by atoms with E-state index < -0.39 is 5.97 Å². The summed E-state index contributed by atoms with van der Waals surface area (Å²) in [6, 6.07) is 1.69. The smallest absolute Gasteiger partial charge is 0.355 e. The number of carbonyl (C=O) groups excluding carboxylic acids is 2. The van der Waals surface area contributed by atoms with Crippen molar-refractivity contribution in [3.05, 3.63) is 40.0 Å². The molecule has 2 atom stereocenters. The minimum atomic E-state index is -0.687. The van der Waals surface area contributed by atoms with Crippen molar-refractivity contribution >= 4 is 23.4 Å². The topological polar surface area (TPSA) is 61.8 Å². The lowest BCUT2D eigenvalue weighted by Crippen LogP contribution is -2.26. The summed E-state index contributed by atoms with van der Waals surface area (Å²) >= 11 is 6.22. The maximum Gasteiger partial charge on any atom is 0.355 e. The Morgan fingerprint density at radius 1 is 1.45 bits per heavy atom. The summed E-state index contributed by atoms with van der Waals surface area (Å²) in [5.74, 6) is 0.172. The molecule has 1 aromatic carbocycles. The lowest BCUT2D eigenvalue weighted by molar-refractivity contribution is -0.129. The van der Waals surface area contributed by atoms with Crippen LogP contribution in [0.15, 0.2) is 28.8 Å². The summed E-state index contributed by atoms with van der Waals surface area (Å²) in [4.78, 5) is 25.4. The fourth-order valence-electron chi connectivity index (χ4n) is 3.25. The van der Waals surface area contributed by atoms with Crippen LogP contribution in [0.1, 0.15) is 69.8 Å². The van der Waals surface area contributed by atoms with E-state index in [1.807, 2.05) is 39.8 Å². The number of fused-ring (bicyclic) bond motifs is 1. The number of esters is 1. The van der Waals surface area contributed by atoms with Crippen LogP contribution in [0.3, 0.4) is 0 Å². The fraction of sp³-hybridized carbons (Fsp3) is 0.478. The summed E-state index contributed by atoms with van der Waals surface area (Å²) in [6.07, 6.45) is 5.08. The minimum absolute atomic E-state index is 0.0335. The highest BCUT2D eigenvalue weighted by Crippen LogP contribution is 2.43. The lowest BCUT2D eigenvalue weighted by atomic mass is 9.97. The molecule has 2 rings (SSSR count). The van der Waals surface area contributed by atoms with Crippen LogP contribution in [0.25, 0.3) is 0 Å². The number of ether oxygens (including phenoxy) is 3. The largest absolute Gasteiger partial charge is 0.489 e. The standard InChI is InChI=1S/C23H29ClO5/c1-7-9-13(3)21(24)23(26)29-22-16(6)18(27-14(4)10-8-2)12-19-20(22)17(25)11-15(5)28-19/h8,10,12,14-15H,7,9,11H2,1-6H3/b10-8-,21-13-. The van der Waals surface area contributed by atoms with E-state index in [4.69, 9.17) is 25.8 Å². The van der Waals surface area contributed by atoms with Crippen LogP contribution in [0.5, 0.6) is 17.2 Å². The Bertz CT molecular complexity index is 853. The molecule has 0 bridgehead atoms. The molecule has 0 aromatic heterocycles. The first kappa shape index (κ1) is 23.0. The normalized spacial score (nSPS) is 18.0. The van der Waals surface area contributed by atoms with Gasteiger partial charge in [0.2, 0.25) is 0 Å². The number of Topliss-reactive ketones (excluding diaryl/α,β-unsaturated/α-hetero) is 1. The average molecular weight is 421 g/mol. The number of ketones is 1. The van der Waals surface area contributed by atoms with Crippen LogP contribution in [0.2, 0.25) is 0 Å². The third-order valence-electron chi connectivity index (χ3n) is 4.68. The SMILES string of the molecule is C/C=C\C(C)Oc1cc2c(c(OC(=O)/C(Cl)=C(\C)CCC)c1C)C(=O)CC(C)O2. The number of hydrogen-bond donors (Lipinski definition) is 0. The zero-order valence-electron chi connectivity index (χ0n) is 17.9. The van der Waals surface area contributed by atoms with E-state index >= 15 is 0 Å². The molecular formula is C23H29ClO5. The van der Waals surface area contributed by atoms with Gasteiger partial charge in [-0.25, -0.2) is 4.79 Å². The summed E-state index contributed by atoms with van der Waals surface area (Å²) in [6.45, 7) is 11.2. The Morgan fingerprint density at radius 3 is 2.76 bits per heavy atom. The summed E-state index contributed by atoms with van der Waals surface area (Å²) in [5, 5.41) is 0.0335. The van der Waals surface area contributed by atoms with Gasteiger partial charge < -0.3 is 14.2 Å². The first-order valence-electron chi connectivity index (χ1n) is 9.93. The summed E-state index contributed by atoms with van der Waals surface area (Å²) in [7, 11) is 0. The molecule has 0 amide bonds. The average Bonchev–Trinajstić information content (AvgIpc) is 2.64. The van der Waals surface area contributed by atoms with Crippen LogP contribution in [0.4, 0.5) is 0 Å². The quantitative estimate of drug-likeness (QED) is 0.237. The Kier molecular flexibility index (Phi) is 7.91. The van der Waals surface area contributed by atoms with Crippen molar-refractivity contribution in [3.63, 3.8) is 0 Å². The number of carbonyl (C=O) groups is 2. The second-order valence-corrected chi connectivity index (χ2v) is 7.72. The minimum Gasteiger partial charge on any atom is -0.489 e. The van der Waals surface area contributed by atoms with Gasteiger partial charge in [-0.15, -0.1) is 0 Å². The molecule has 1 aliphatic heterocycles. The van der Waals surface area contributed by atoms with Gasteiger partial charge in [0.25, 0.3) is 0 Å². The Morgan fingerprint density at radius 2 is 2.14 bits per heavy atom. The highest BCUT2D eigenvalue weighted by molar-refractivity contribution is 6.41. The zero-order valence-corrected chi connectivity index (χ0v) is 18.7. The molecule has 0 saturated carbocycles. The molecule has 0 aliphatic carbocycles. The van der Waals surface area contributed by atoms with Gasteiger partial charge in [-0.3, -0.25) is 4.79 Å². The Hall–Kier alpha value is -2.27.